The van der Waals surface area contributed by atoms with Crippen molar-refractivity contribution in [1.82, 2.24) is 5.32 Å². The van der Waals surface area contributed by atoms with Gasteiger partial charge in [0.15, 0.2) is 0 Å². The van der Waals surface area contributed by atoms with Crippen molar-refractivity contribution in [1.29, 1.82) is 0 Å². The fraction of sp³-hybridized carbons (Fsp3) is 0.235. The maximum Gasteiger partial charge on any atom is 0.238 e. The Labute approximate surface area is 134 Å². The predicted molar refractivity (Wildman–Crippen MR) is 87.5 cm³/mol. The zero-order valence-electron chi connectivity index (χ0n) is 12.3. The summed E-state index contributed by atoms with van der Waals surface area (Å²) in [6.07, 6.45) is 0.827. The molecular weight excluding hydrogens is 303 g/mol. The lowest BCUT2D eigenvalue weighted by Crippen LogP contribution is -2.31. The summed E-state index contributed by atoms with van der Waals surface area (Å²) >= 11 is 5.99. The molecule has 0 saturated heterocycles. The van der Waals surface area contributed by atoms with E-state index in [4.69, 9.17) is 11.6 Å². The Hall–Kier alpha value is -1.91. The third-order valence-corrected chi connectivity index (χ3v) is 3.51. The normalized spacial score (nSPS) is 12.0. The molecule has 0 aliphatic rings. The van der Waals surface area contributed by atoms with E-state index in [-0.39, 0.29) is 24.3 Å². The maximum absolute atomic E-state index is 13.1. The fourth-order valence-corrected chi connectivity index (χ4v) is 2.41. The number of rotatable bonds is 6. The second-order valence-electron chi connectivity index (χ2n) is 4.96. The monoisotopic (exact) mass is 320 g/mol. The van der Waals surface area contributed by atoms with Gasteiger partial charge in [-0.3, -0.25) is 4.79 Å². The summed E-state index contributed by atoms with van der Waals surface area (Å²) in [5.41, 5.74) is 1.48. The smallest absolute Gasteiger partial charge is 0.238 e. The molecule has 0 aromatic heterocycles. The minimum Gasteiger partial charge on any atom is -0.325 e. The number of halogens is 2. The third kappa shape index (κ3) is 4.83. The summed E-state index contributed by atoms with van der Waals surface area (Å²) < 4.78 is 13.1. The van der Waals surface area contributed by atoms with Crippen LogP contribution in [0.4, 0.5) is 10.1 Å². The van der Waals surface area contributed by atoms with Gasteiger partial charge in [-0.15, -0.1) is 0 Å². The second kappa shape index (κ2) is 7.92. The summed E-state index contributed by atoms with van der Waals surface area (Å²) in [5.74, 6) is -0.595. The van der Waals surface area contributed by atoms with E-state index in [9.17, 15) is 9.18 Å². The molecule has 0 fully saturated rings. The quantitative estimate of drug-likeness (QED) is 0.839. The maximum atomic E-state index is 13.1. The molecule has 5 heteroatoms. The van der Waals surface area contributed by atoms with Crippen molar-refractivity contribution in [2.24, 2.45) is 0 Å². The first-order valence-electron chi connectivity index (χ1n) is 7.12. The number of amides is 1. The molecule has 116 valence electrons. The molecule has 1 amide bonds. The highest BCUT2D eigenvalue weighted by atomic mass is 35.5. The average molecular weight is 321 g/mol. The van der Waals surface area contributed by atoms with Crippen molar-refractivity contribution in [2.75, 3.05) is 11.9 Å². The first-order chi connectivity index (χ1) is 10.6. The Bertz CT molecular complexity index is 648. The van der Waals surface area contributed by atoms with Gasteiger partial charge in [0.05, 0.1) is 6.54 Å². The molecule has 0 heterocycles. The van der Waals surface area contributed by atoms with Gasteiger partial charge in [0.2, 0.25) is 5.91 Å². The van der Waals surface area contributed by atoms with Crippen LogP contribution in [0.25, 0.3) is 0 Å². The molecule has 0 aliphatic heterocycles. The van der Waals surface area contributed by atoms with E-state index in [2.05, 4.69) is 10.6 Å². The standard InChI is InChI=1S/C17H18ClFN2O/c1-2-16(12-5-3-6-13(18)9-12)20-11-17(22)21-15-8-4-7-14(19)10-15/h3-10,16,20H,2,11H2,1H3,(H,21,22). The van der Waals surface area contributed by atoms with Crippen molar-refractivity contribution >= 4 is 23.2 Å². The first kappa shape index (κ1) is 16.5. The van der Waals surface area contributed by atoms with E-state index >= 15 is 0 Å². The molecule has 0 saturated carbocycles. The lowest BCUT2D eigenvalue weighted by atomic mass is 10.0. The number of anilines is 1. The molecule has 2 N–H and O–H groups in total. The molecule has 2 aromatic carbocycles. The molecule has 2 rings (SSSR count). The van der Waals surface area contributed by atoms with E-state index in [1.807, 2.05) is 31.2 Å². The van der Waals surface area contributed by atoms with Crippen LogP contribution in [0.3, 0.4) is 0 Å². The summed E-state index contributed by atoms with van der Waals surface area (Å²) in [5, 5.41) is 6.51. The molecule has 2 aromatic rings. The Morgan fingerprint density at radius 1 is 1.23 bits per heavy atom. The minimum atomic E-state index is -0.379. The van der Waals surface area contributed by atoms with Crippen molar-refractivity contribution < 1.29 is 9.18 Å². The van der Waals surface area contributed by atoms with Crippen LogP contribution < -0.4 is 10.6 Å². The third-order valence-electron chi connectivity index (χ3n) is 3.28. The van der Waals surface area contributed by atoms with Gasteiger partial charge >= 0.3 is 0 Å². The summed E-state index contributed by atoms with van der Waals surface area (Å²) in [7, 11) is 0. The van der Waals surface area contributed by atoms with Crippen LogP contribution >= 0.6 is 11.6 Å². The highest BCUT2D eigenvalue weighted by molar-refractivity contribution is 6.30. The summed E-state index contributed by atoms with van der Waals surface area (Å²) in [4.78, 5) is 11.9. The topological polar surface area (TPSA) is 41.1 Å². The SMILES string of the molecule is CCC(NCC(=O)Nc1cccc(F)c1)c1cccc(Cl)c1. The van der Waals surface area contributed by atoms with Crippen molar-refractivity contribution in [2.45, 2.75) is 19.4 Å². The van der Waals surface area contributed by atoms with Crippen LogP contribution in [0.5, 0.6) is 0 Å². The Balaban J connectivity index is 1.91. The lowest BCUT2D eigenvalue weighted by molar-refractivity contribution is -0.115. The number of carbonyl (C=O) groups is 1. The largest absolute Gasteiger partial charge is 0.325 e. The molecule has 22 heavy (non-hydrogen) atoms. The van der Waals surface area contributed by atoms with Crippen LogP contribution in [0, 0.1) is 5.82 Å². The zero-order valence-corrected chi connectivity index (χ0v) is 13.0. The Morgan fingerprint density at radius 3 is 2.68 bits per heavy atom. The number of hydrogen-bond acceptors (Lipinski definition) is 2. The highest BCUT2D eigenvalue weighted by Crippen LogP contribution is 2.20. The van der Waals surface area contributed by atoms with Crippen molar-refractivity contribution in [3.63, 3.8) is 0 Å². The lowest BCUT2D eigenvalue weighted by Gasteiger charge is -2.17. The second-order valence-corrected chi connectivity index (χ2v) is 5.39. The highest BCUT2D eigenvalue weighted by Gasteiger charge is 2.11. The van der Waals surface area contributed by atoms with E-state index in [1.54, 1.807) is 12.1 Å². The van der Waals surface area contributed by atoms with Crippen LogP contribution in [0.1, 0.15) is 24.9 Å². The average Bonchev–Trinajstić information content (AvgIpc) is 2.48. The Morgan fingerprint density at radius 2 is 2.00 bits per heavy atom. The van der Waals surface area contributed by atoms with E-state index < -0.39 is 0 Å². The summed E-state index contributed by atoms with van der Waals surface area (Å²) in [6, 6.07) is 13.4. The molecule has 0 radical (unpaired) electrons. The Kier molecular flexibility index (Phi) is 5.92. The van der Waals surface area contributed by atoms with Gasteiger partial charge in [0.1, 0.15) is 5.82 Å². The number of nitrogens with one attached hydrogen (secondary N) is 2. The van der Waals surface area contributed by atoms with E-state index in [1.165, 1.54) is 12.1 Å². The molecule has 1 atom stereocenters. The van der Waals surface area contributed by atoms with Crippen molar-refractivity contribution in [3.05, 3.63) is 64.9 Å². The zero-order chi connectivity index (χ0) is 15.9. The molecule has 0 spiro atoms. The molecule has 3 nitrogen and oxygen atoms in total. The molecule has 0 aliphatic carbocycles. The number of carbonyl (C=O) groups excluding carboxylic acids is 1. The van der Waals surface area contributed by atoms with Gasteiger partial charge in [-0.05, 0) is 42.3 Å². The van der Waals surface area contributed by atoms with Crippen LogP contribution in [0.15, 0.2) is 48.5 Å². The predicted octanol–water partition coefficient (Wildman–Crippen LogP) is 4.16. The first-order valence-corrected chi connectivity index (χ1v) is 7.50. The van der Waals surface area contributed by atoms with E-state index in [0.29, 0.717) is 10.7 Å². The number of hydrogen-bond donors (Lipinski definition) is 2. The summed E-state index contributed by atoms with van der Waals surface area (Å²) in [6.45, 7) is 2.17. The van der Waals surface area contributed by atoms with Crippen LogP contribution in [0.2, 0.25) is 5.02 Å². The van der Waals surface area contributed by atoms with Crippen LogP contribution in [-0.4, -0.2) is 12.5 Å². The van der Waals surface area contributed by atoms with Gasteiger partial charge in [0, 0.05) is 16.8 Å². The van der Waals surface area contributed by atoms with Gasteiger partial charge < -0.3 is 10.6 Å². The van der Waals surface area contributed by atoms with E-state index in [0.717, 1.165) is 12.0 Å². The molecule has 1 unspecified atom stereocenters. The number of benzene rings is 2. The van der Waals surface area contributed by atoms with Gasteiger partial charge in [-0.2, -0.15) is 0 Å². The molecule has 0 bridgehead atoms. The fourth-order valence-electron chi connectivity index (χ4n) is 2.21. The minimum absolute atomic E-state index is 0.0389. The van der Waals surface area contributed by atoms with Gasteiger partial charge in [-0.1, -0.05) is 36.7 Å². The van der Waals surface area contributed by atoms with Gasteiger partial charge in [0.25, 0.3) is 0 Å². The van der Waals surface area contributed by atoms with Crippen LogP contribution in [-0.2, 0) is 4.79 Å². The van der Waals surface area contributed by atoms with Gasteiger partial charge in [-0.25, -0.2) is 4.39 Å². The molecular formula is C17H18ClFN2O. The van der Waals surface area contributed by atoms with Crippen molar-refractivity contribution in [3.8, 4) is 0 Å².